The zero-order chi connectivity index (χ0) is 13.1. The van der Waals surface area contributed by atoms with E-state index in [4.69, 9.17) is 11.6 Å². The van der Waals surface area contributed by atoms with Gasteiger partial charge in [0.1, 0.15) is 5.82 Å². The van der Waals surface area contributed by atoms with Gasteiger partial charge in [-0.15, -0.1) is 11.6 Å². The molecule has 1 atom stereocenters. The van der Waals surface area contributed by atoms with Gasteiger partial charge in [-0.25, -0.2) is 4.39 Å². The van der Waals surface area contributed by atoms with Gasteiger partial charge in [-0.05, 0) is 36.6 Å². The molecule has 2 rings (SSSR count). The minimum absolute atomic E-state index is 0.201. The summed E-state index contributed by atoms with van der Waals surface area (Å²) in [6, 6.07) is 13.2. The SMILES string of the molecule is Cc1cccc(C(Cl)Cc2cccc(Br)c2)c1F. The summed E-state index contributed by atoms with van der Waals surface area (Å²) in [5.74, 6) is -0.201. The molecule has 0 aliphatic carbocycles. The smallest absolute Gasteiger partial charge is 0.130 e. The van der Waals surface area contributed by atoms with E-state index in [9.17, 15) is 4.39 Å². The molecule has 0 aromatic heterocycles. The van der Waals surface area contributed by atoms with E-state index >= 15 is 0 Å². The summed E-state index contributed by atoms with van der Waals surface area (Å²) in [5, 5.41) is -0.348. The third-order valence-corrected chi connectivity index (χ3v) is 3.75. The molecule has 3 heteroatoms. The van der Waals surface area contributed by atoms with Crippen LogP contribution < -0.4 is 0 Å². The van der Waals surface area contributed by atoms with E-state index in [2.05, 4.69) is 15.9 Å². The van der Waals surface area contributed by atoms with Crippen molar-refractivity contribution in [3.8, 4) is 0 Å². The summed E-state index contributed by atoms with van der Waals surface area (Å²) < 4.78 is 14.9. The van der Waals surface area contributed by atoms with Crippen molar-refractivity contribution in [2.45, 2.75) is 18.7 Å². The molecule has 2 aromatic rings. The van der Waals surface area contributed by atoms with Gasteiger partial charge in [0.05, 0.1) is 5.38 Å². The van der Waals surface area contributed by atoms with Crippen LogP contribution in [0, 0.1) is 12.7 Å². The van der Waals surface area contributed by atoms with Gasteiger partial charge in [-0.1, -0.05) is 46.3 Å². The fourth-order valence-corrected chi connectivity index (χ4v) is 2.69. The first-order chi connectivity index (χ1) is 8.58. The summed E-state index contributed by atoms with van der Waals surface area (Å²) in [4.78, 5) is 0. The van der Waals surface area contributed by atoms with Gasteiger partial charge in [0, 0.05) is 10.0 Å². The highest BCUT2D eigenvalue weighted by molar-refractivity contribution is 9.10. The molecule has 2 aromatic carbocycles. The highest BCUT2D eigenvalue weighted by Gasteiger charge is 2.14. The molecule has 0 radical (unpaired) electrons. The van der Waals surface area contributed by atoms with E-state index < -0.39 is 0 Å². The molecular weight excluding hydrogens is 315 g/mol. The Morgan fingerprint density at radius 2 is 1.94 bits per heavy atom. The van der Waals surface area contributed by atoms with Crippen LogP contribution in [0.1, 0.15) is 22.1 Å². The standard InChI is InChI=1S/C15H13BrClF/c1-10-4-2-7-13(15(10)18)14(17)9-11-5-3-6-12(16)8-11/h2-8,14H,9H2,1H3. The molecule has 0 amide bonds. The van der Waals surface area contributed by atoms with Crippen LogP contribution in [0.2, 0.25) is 0 Å². The van der Waals surface area contributed by atoms with Crippen LogP contribution in [0.4, 0.5) is 4.39 Å². The zero-order valence-electron chi connectivity index (χ0n) is 9.96. The molecule has 0 aliphatic rings. The molecule has 0 saturated heterocycles. The maximum Gasteiger partial charge on any atom is 0.130 e. The van der Waals surface area contributed by atoms with Crippen LogP contribution in [-0.2, 0) is 6.42 Å². The Kier molecular flexibility index (Phi) is 4.41. The molecule has 0 N–H and O–H groups in total. The van der Waals surface area contributed by atoms with E-state index in [1.807, 2.05) is 30.3 Å². The fraction of sp³-hybridized carbons (Fsp3) is 0.200. The van der Waals surface area contributed by atoms with Crippen LogP contribution in [0.5, 0.6) is 0 Å². The summed E-state index contributed by atoms with van der Waals surface area (Å²) in [6.45, 7) is 1.75. The molecule has 0 nitrogen and oxygen atoms in total. The second-order valence-corrected chi connectivity index (χ2v) is 5.72. The van der Waals surface area contributed by atoms with E-state index in [1.54, 1.807) is 19.1 Å². The number of alkyl halides is 1. The largest absolute Gasteiger partial charge is 0.206 e. The first-order valence-electron chi connectivity index (χ1n) is 5.71. The predicted octanol–water partition coefficient (Wildman–Crippen LogP) is 5.42. The number of hydrogen-bond donors (Lipinski definition) is 0. The van der Waals surface area contributed by atoms with E-state index in [1.165, 1.54) is 0 Å². The average Bonchev–Trinajstić information content (AvgIpc) is 2.32. The van der Waals surface area contributed by atoms with Crippen LogP contribution in [-0.4, -0.2) is 0 Å². The Morgan fingerprint density at radius 1 is 1.22 bits per heavy atom. The monoisotopic (exact) mass is 326 g/mol. The number of benzene rings is 2. The Morgan fingerprint density at radius 3 is 2.67 bits per heavy atom. The second-order valence-electron chi connectivity index (χ2n) is 4.28. The third-order valence-electron chi connectivity index (χ3n) is 2.86. The highest BCUT2D eigenvalue weighted by Crippen LogP contribution is 2.29. The average molecular weight is 328 g/mol. The van der Waals surface area contributed by atoms with E-state index in [-0.39, 0.29) is 11.2 Å². The van der Waals surface area contributed by atoms with Crippen LogP contribution in [0.25, 0.3) is 0 Å². The predicted molar refractivity (Wildman–Crippen MR) is 77.6 cm³/mol. The lowest BCUT2D eigenvalue weighted by Crippen LogP contribution is -2.00. The van der Waals surface area contributed by atoms with Gasteiger partial charge < -0.3 is 0 Å². The van der Waals surface area contributed by atoms with Crippen molar-refractivity contribution < 1.29 is 4.39 Å². The lowest BCUT2D eigenvalue weighted by Gasteiger charge is -2.12. The minimum atomic E-state index is -0.348. The molecule has 0 fully saturated rings. The van der Waals surface area contributed by atoms with Gasteiger partial charge in [0.15, 0.2) is 0 Å². The van der Waals surface area contributed by atoms with Crippen molar-refractivity contribution >= 4 is 27.5 Å². The zero-order valence-corrected chi connectivity index (χ0v) is 12.3. The molecule has 1 unspecified atom stereocenters. The van der Waals surface area contributed by atoms with Gasteiger partial charge in [-0.2, -0.15) is 0 Å². The van der Waals surface area contributed by atoms with Gasteiger partial charge in [0.2, 0.25) is 0 Å². The van der Waals surface area contributed by atoms with Crippen molar-refractivity contribution in [3.63, 3.8) is 0 Å². The molecule has 18 heavy (non-hydrogen) atoms. The minimum Gasteiger partial charge on any atom is -0.206 e. The lowest BCUT2D eigenvalue weighted by atomic mass is 10.0. The van der Waals surface area contributed by atoms with E-state index in [0.717, 1.165) is 10.0 Å². The van der Waals surface area contributed by atoms with Crippen LogP contribution >= 0.6 is 27.5 Å². The van der Waals surface area contributed by atoms with Crippen LogP contribution in [0.3, 0.4) is 0 Å². The molecular formula is C15H13BrClF. The highest BCUT2D eigenvalue weighted by atomic mass is 79.9. The van der Waals surface area contributed by atoms with Gasteiger partial charge >= 0.3 is 0 Å². The third kappa shape index (κ3) is 3.12. The Balaban J connectivity index is 2.22. The first kappa shape index (κ1) is 13.6. The quantitative estimate of drug-likeness (QED) is 0.660. The molecule has 94 valence electrons. The molecule has 0 saturated carbocycles. The van der Waals surface area contributed by atoms with Gasteiger partial charge in [-0.3, -0.25) is 0 Å². The maximum absolute atomic E-state index is 13.9. The van der Waals surface area contributed by atoms with Crippen molar-refractivity contribution in [2.75, 3.05) is 0 Å². The Bertz CT molecular complexity index is 554. The summed E-state index contributed by atoms with van der Waals surface area (Å²) in [7, 11) is 0. The Labute approximate surface area is 120 Å². The van der Waals surface area contributed by atoms with Crippen molar-refractivity contribution in [3.05, 3.63) is 69.4 Å². The number of hydrogen-bond acceptors (Lipinski definition) is 0. The van der Waals surface area contributed by atoms with Crippen LogP contribution in [0.15, 0.2) is 46.9 Å². The topological polar surface area (TPSA) is 0 Å². The second kappa shape index (κ2) is 5.85. The van der Waals surface area contributed by atoms with Crippen molar-refractivity contribution in [1.29, 1.82) is 0 Å². The van der Waals surface area contributed by atoms with Crippen molar-refractivity contribution in [1.82, 2.24) is 0 Å². The molecule has 0 aliphatic heterocycles. The van der Waals surface area contributed by atoms with E-state index in [0.29, 0.717) is 17.5 Å². The summed E-state index contributed by atoms with van der Waals surface area (Å²) >= 11 is 9.73. The Hall–Kier alpha value is -0.860. The maximum atomic E-state index is 13.9. The normalized spacial score (nSPS) is 12.4. The summed E-state index contributed by atoms with van der Waals surface area (Å²) in [5.41, 5.74) is 2.29. The number of halogens is 3. The number of rotatable bonds is 3. The molecule has 0 spiro atoms. The van der Waals surface area contributed by atoms with Gasteiger partial charge in [0.25, 0.3) is 0 Å². The summed E-state index contributed by atoms with van der Waals surface area (Å²) in [6.07, 6.45) is 0.612. The first-order valence-corrected chi connectivity index (χ1v) is 6.94. The lowest BCUT2D eigenvalue weighted by molar-refractivity contribution is 0.597. The molecule has 0 bridgehead atoms. The number of aryl methyl sites for hydroxylation is 1. The molecule has 0 heterocycles. The fourth-order valence-electron chi connectivity index (χ4n) is 1.89. The van der Waals surface area contributed by atoms with Crippen molar-refractivity contribution in [2.24, 2.45) is 0 Å².